The number of amides is 1. The summed E-state index contributed by atoms with van der Waals surface area (Å²) in [5.74, 6) is 0.447. The second-order valence-electron chi connectivity index (χ2n) is 8.36. The van der Waals surface area contributed by atoms with Gasteiger partial charge in [0.1, 0.15) is 12.4 Å². The zero-order valence-corrected chi connectivity index (χ0v) is 18.5. The van der Waals surface area contributed by atoms with Gasteiger partial charge in [-0.3, -0.25) is 9.78 Å². The number of halogens is 3. The zero-order valence-electron chi connectivity index (χ0n) is 18.5. The van der Waals surface area contributed by atoms with Gasteiger partial charge in [-0.15, -0.1) is 0 Å². The van der Waals surface area contributed by atoms with Gasteiger partial charge in [0, 0.05) is 50.7 Å². The smallest absolute Gasteiger partial charge is 0.417 e. The Kier molecular flexibility index (Phi) is 7.22. The SMILES string of the molecule is N#Cc1ccc(N2CCN(C(=O)C3CCOCC3)C(COc3cccnc3)C2)cc1C(F)(F)F. The topological polar surface area (TPSA) is 78.7 Å². The minimum Gasteiger partial charge on any atom is -0.490 e. The maximum Gasteiger partial charge on any atom is 0.417 e. The Morgan fingerprint density at radius 1 is 1.24 bits per heavy atom. The molecule has 7 nitrogen and oxygen atoms in total. The second-order valence-corrected chi connectivity index (χ2v) is 8.36. The largest absolute Gasteiger partial charge is 0.490 e. The number of hydrogen-bond acceptors (Lipinski definition) is 6. The highest BCUT2D eigenvalue weighted by atomic mass is 19.4. The van der Waals surface area contributed by atoms with Crippen molar-refractivity contribution in [3.63, 3.8) is 0 Å². The molecule has 2 saturated heterocycles. The lowest BCUT2D eigenvalue weighted by atomic mass is 9.97. The number of carbonyl (C=O) groups is 1. The van der Waals surface area contributed by atoms with Crippen molar-refractivity contribution < 1.29 is 27.4 Å². The number of aromatic nitrogens is 1. The van der Waals surface area contributed by atoms with Gasteiger partial charge < -0.3 is 19.3 Å². The van der Waals surface area contributed by atoms with Gasteiger partial charge >= 0.3 is 6.18 Å². The van der Waals surface area contributed by atoms with E-state index in [9.17, 15) is 18.0 Å². The highest BCUT2D eigenvalue weighted by Gasteiger charge is 2.37. The Morgan fingerprint density at radius 2 is 2.03 bits per heavy atom. The first-order valence-corrected chi connectivity index (χ1v) is 11.1. The molecule has 1 unspecified atom stereocenters. The molecular formula is C24H25F3N4O3. The van der Waals surface area contributed by atoms with Crippen LogP contribution in [0.15, 0.2) is 42.7 Å². The van der Waals surface area contributed by atoms with Crippen LogP contribution >= 0.6 is 0 Å². The monoisotopic (exact) mass is 474 g/mol. The van der Waals surface area contributed by atoms with E-state index < -0.39 is 17.3 Å². The third kappa shape index (κ3) is 5.42. The van der Waals surface area contributed by atoms with Crippen LogP contribution < -0.4 is 9.64 Å². The van der Waals surface area contributed by atoms with E-state index in [1.54, 1.807) is 40.4 Å². The van der Waals surface area contributed by atoms with E-state index in [0.29, 0.717) is 57.1 Å². The van der Waals surface area contributed by atoms with Crippen LogP contribution in [0, 0.1) is 17.2 Å². The van der Waals surface area contributed by atoms with Crippen molar-refractivity contribution in [2.24, 2.45) is 5.92 Å². The van der Waals surface area contributed by atoms with E-state index in [2.05, 4.69) is 4.98 Å². The number of hydrogen-bond donors (Lipinski definition) is 0. The lowest BCUT2D eigenvalue weighted by Crippen LogP contribution is -2.59. The lowest BCUT2D eigenvalue weighted by molar-refractivity contribution is -0.142. The van der Waals surface area contributed by atoms with Gasteiger partial charge in [-0.2, -0.15) is 18.4 Å². The van der Waals surface area contributed by atoms with E-state index in [1.165, 1.54) is 12.1 Å². The Labute approximate surface area is 195 Å². The number of benzene rings is 1. The van der Waals surface area contributed by atoms with Gasteiger partial charge in [0.25, 0.3) is 0 Å². The van der Waals surface area contributed by atoms with Crippen molar-refractivity contribution >= 4 is 11.6 Å². The quantitative estimate of drug-likeness (QED) is 0.660. The summed E-state index contributed by atoms with van der Waals surface area (Å²) in [7, 11) is 0. The molecular weight excluding hydrogens is 449 g/mol. The summed E-state index contributed by atoms with van der Waals surface area (Å²) in [6, 6.07) is 8.46. The van der Waals surface area contributed by atoms with Crippen molar-refractivity contribution in [2.75, 3.05) is 44.4 Å². The van der Waals surface area contributed by atoms with Gasteiger partial charge in [-0.25, -0.2) is 0 Å². The van der Waals surface area contributed by atoms with Gasteiger partial charge in [0.05, 0.1) is 29.4 Å². The van der Waals surface area contributed by atoms with Crippen LogP contribution in [0.1, 0.15) is 24.0 Å². The van der Waals surface area contributed by atoms with Crippen LogP contribution in [0.5, 0.6) is 5.75 Å². The predicted octanol–water partition coefficient (Wildman–Crippen LogP) is 3.49. The van der Waals surface area contributed by atoms with E-state index in [1.807, 2.05) is 0 Å². The number of ether oxygens (including phenoxy) is 2. The molecule has 2 aromatic rings. The number of carbonyl (C=O) groups excluding carboxylic acids is 1. The maximum absolute atomic E-state index is 13.5. The molecule has 0 aliphatic carbocycles. The average Bonchev–Trinajstić information content (AvgIpc) is 2.87. The number of anilines is 1. The Balaban J connectivity index is 1.55. The summed E-state index contributed by atoms with van der Waals surface area (Å²) in [6.07, 6.45) is -0.134. The molecule has 180 valence electrons. The van der Waals surface area contributed by atoms with E-state index >= 15 is 0 Å². The van der Waals surface area contributed by atoms with Gasteiger partial charge in [-0.1, -0.05) is 0 Å². The van der Waals surface area contributed by atoms with E-state index in [-0.39, 0.29) is 24.5 Å². The molecule has 1 aromatic heterocycles. The van der Waals surface area contributed by atoms with Gasteiger partial charge in [0.15, 0.2) is 0 Å². The summed E-state index contributed by atoms with van der Waals surface area (Å²) in [4.78, 5) is 20.9. The predicted molar refractivity (Wildman–Crippen MR) is 117 cm³/mol. The lowest BCUT2D eigenvalue weighted by Gasteiger charge is -2.44. The van der Waals surface area contributed by atoms with Crippen LogP contribution in [0.25, 0.3) is 0 Å². The summed E-state index contributed by atoms with van der Waals surface area (Å²) in [5.41, 5.74) is -1.02. The first-order chi connectivity index (χ1) is 16.4. The molecule has 0 bridgehead atoms. The molecule has 3 heterocycles. The van der Waals surface area contributed by atoms with Crippen molar-refractivity contribution in [3.8, 4) is 11.8 Å². The van der Waals surface area contributed by atoms with Crippen LogP contribution in [0.3, 0.4) is 0 Å². The molecule has 4 rings (SSSR count). The van der Waals surface area contributed by atoms with Gasteiger partial charge in [-0.05, 0) is 43.2 Å². The first kappa shape index (κ1) is 23.8. The number of pyridine rings is 1. The summed E-state index contributed by atoms with van der Waals surface area (Å²) in [5, 5.41) is 9.08. The van der Waals surface area contributed by atoms with Crippen molar-refractivity contribution in [1.29, 1.82) is 5.26 Å². The van der Waals surface area contributed by atoms with Crippen LogP contribution in [-0.2, 0) is 15.7 Å². The molecule has 1 aromatic carbocycles. The zero-order chi connectivity index (χ0) is 24.1. The highest BCUT2D eigenvalue weighted by molar-refractivity contribution is 5.79. The number of nitriles is 1. The minimum atomic E-state index is -4.63. The highest BCUT2D eigenvalue weighted by Crippen LogP contribution is 2.35. The number of rotatable bonds is 5. The first-order valence-electron chi connectivity index (χ1n) is 11.1. The van der Waals surface area contributed by atoms with Crippen molar-refractivity contribution in [2.45, 2.75) is 25.1 Å². The normalized spacial score (nSPS) is 19.5. The fraction of sp³-hybridized carbons (Fsp3) is 0.458. The van der Waals surface area contributed by atoms with Crippen LogP contribution in [0.4, 0.5) is 18.9 Å². The molecule has 2 fully saturated rings. The molecule has 2 aliphatic rings. The van der Waals surface area contributed by atoms with E-state index in [4.69, 9.17) is 14.7 Å². The maximum atomic E-state index is 13.5. The molecule has 1 atom stereocenters. The molecule has 34 heavy (non-hydrogen) atoms. The summed E-state index contributed by atoms with van der Waals surface area (Å²) < 4.78 is 51.7. The Hall–Kier alpha value is -3.32. The third-order valence-corrected chi connectivity index (χ3v) is 6.21. The number of nitrogens with zero attached hydrogens (tertiary/aromatic N) is 4. The van der Waals surface area contributed by atoms with Crippen molar-refractivity contribution in [1.82, 2.24) is 9.88 Å². The van der Waals surface area contributed by atoms with E-state index in [0.717, 1.165) is 6.07 Å². The molecule has 1 amide bonds. The molecule has 0 radical (unpaired) electrons. The molecule has 0 saturated carbocycles. The minimum absolute atomic E-state index is 0.0264. The summed E-state index contributed by atoms with van der Waals surface area (Å²) >= 11 is 0. The number of alkyl halides is 3. The fourth-order valence-corrected chi connectivity index (χ4v) is 4.39. The van der Waals surface area contributed by atoms with Crippen LogP contribution in [0.2, 0.25) is 0 Å². The Bertz CT molecular complexity index is 1040. The molecule has 2 aliphatic heterocycles. The number of piperazine rings is 1. The molecule has 0 N–H and O–H groups in total. The van der Waals surface area contributed by atoms with Crippen LogP contribution in [-0.4, -0.2) is 61.3 Å². The Morgan fingerprint density at radius 3 is 2.71 bits per heavy atom. The molecule has 10 heteroatoms. The second kappa shape index (κ2) is 10.3. The standard InChI is InChI=1S/C24H25F3N4O3/c25-24(26,27)22-12-19(4-3-18(22)13-28)30-8-9-31(23(32)17-5-10-33-11-6-17)20(15-30)16-34-21-2-1-7-29-14-21/h1-4,7,12,14,17,20H,5-6,8-11,15-16H2. The molecule has 0 spiro atoms. The third-order valence-electron chi connectivity index (χ3n) is 6.21. The summed E-state index contributed by atoms with van der Waals surface area (Å²) in [6.45, 7) is 2.30. The van der Waals surface area contributed by atoms with Crippen molar-refractivity contribution in [3.05, 3.63) is 53.9 Å². The van der Waals surface area contributed by atoms with Gasteiger partial charge in [0.2, 0.25) is 5.91 Å². The fourth-order valence-electron chi connectivity index (χ4n) is 4.39. The average molecular weight is 474 g/mol.